The molecule has 1 amide bonds. The summed E-state index contributed by atoms with van der Waals surface area (Å²) in [4.78, 5) is 29.7. The molecule has 0 spiro atoms. The molecule has 0 aliphatic heterocycles. The zero-order valence-electron chi connectivity index (χ0n) is 19.2. The van der Waals surface area contributed by atoms with Crippen molar-refractivity contribution in [3.8, 4) is 11.3 Å². The molecule has 8 heteroatoms. The van der Waals surface area contributed by atoms with E-state index < -0.39 is 17.9 Å². The zero-order valence-corrected chi connectivity index (χ0v) is 22.3. The quantitative estimate of drug-likeness (QED) is 0.213. The van der Waals surface area contributed by atoms with E-state index in [-0.39, 0.29) is 22.0 Å². The molecule has 2 N–H and O–H groups in total. The van der Waals surface area contributed by atoms with Crippen molar-refractivity contribution in [2.45, 2.75) is 12.5 Å². The number of aliphatic carboxylic acids is 1. The Morgan fingerprint density at radius 2 is 1.51 bits per heavy atom. The van der Waals surface area contributed by atoms with E-state index >= 15 is 0 Å². The molecular formula is C29H19BrCl2N2O3. The van der Waals surface area contributed by atoms with Gasteiger partial charge >= 0.3 is 5.97 Å². The molecule has 0 aliphatic carbocycles. The van der Waals surface area contributed by atoms with Crippen molar-refractivity contribution in [3.05, 3.63) is 111 Å². The number of hydrogen-bond donors (Lipinski definition) is 2. The van der Waals surface area contributed by atoms with E-state index in [1.165, 1.54) is 12.1 Å². The van der Waals surface area contributed by atoms with Crippen LogP contribution < -0.4 is 5.32 Å². The van der Waals surface area contributed by atoms with Gasteiger partial charge in [0.1, 0.15) is 6.04 Å². The molecule has 184 valence electrons. The Morgan fingerprint density at radius 1 is 0.865 bits per heavy atom. The van der Waals surface area contributed by atoms with Crippen LogP contribution in [0.4, 0.5) is 0 Å². The van der Waals surface area contributed by atoms with Gasteiger partial charge in [-0.15, -0.1) is 0 Å². The van der Waals surface area contributed by atoms with Gasteiger partial charge in [0.15, 0.2) is 0 Å². The molecule has 0 bridgehead atoms. The molecule has 0 fully saturated rings. The van der Waals surface area contributed by atoms with E-state index in [0.717, 1.165) is 42.8 Å². The highest BCUT2D eigenvalue weighted by Gasteiger charge is 2.25. The number of nitrogens with one attached hydrogen (secondary N) is 1. The van der Waals surface area contributed by atoms with Crippen LogP contribution in [-0.2, 0) is 11.2 Å². The van der Waals surface area contributed by atoms with Crippen molar-refractivity contribution in [2.75, 3.05) is 0 Å². The van der Waals surface area contributed by atoms with Gasteiger partial charge in [0.05, 0.1) is 25.8 Å². The molecule has 1 unspecified atom stereocenters. The third-order valence-electron chi connectivity index (χ3n) is 6.22. The maximum Gasteiger partial charge on any atom is 0.326 e. The monoisotopic (exact) mass is 592 g/mol. The third-order valence-corrected chi connectivity index (χ3v) is 7.66. The van der Waals surface area contributed by atoms with E-state index in [4.69, 9.17) is 28.2 Å². The molecular weight excluding hydrogens is 575 g/mol. The van der Waals surface area contributed by atoms with Gasteiger partial charge in [0, 0.05) is 23.6 Å². The molecule has 1 aromatic heterocycles. The highest BCUT2D eigenvalue weighted by Crippen LogP contribution is 2.37. The van der Waals surface area contributed by atoms with E-state index in [1.807, 2.05) is 66.9 Å². The first kappa shape index (κ1) is 25.2. The second-order valence-electron chi connectivity index (χ2n) is 8.49. The van der Waals surface area contributed by atoms with E-state index in [1.54, 1.807) is 6.07 Å². The summed E-state index contributed by atoms with van der Waals surface area (Å²) in [6, 6.07) is 23.0. The van der Waals surface area contributed by atoms with Gasteiger partial charge in [-0.25, -0.2) is 4.79 Å². The minimum Gasteiger partial charge on any atom is -0.480 e. The Morgan fingerprint density at radius 3 is 2.22 bits per heavy atom. The number of carboxylic acids is 1. The largest absolute Gasteiger partial charge is 0.480 e. The molecule has 0 radical (unpaired) electrons. The Balaban J connectivity index is 1.53. The highest BCUT2D eigenvalue weighted by molar-refractivity contribution is 9.10. The molecule has 0 saturated carbocycles. The van der Waals surface area contributed by atoms with Gasteiger partial charge in [-0.05, 0) is 49.8 Å². The minimum atomic E-state index is -1.19. The SMILES string of the molecule is O=C(NC(Cc1ccc(-c2ncc3ccccc3c2Br)c2ccccc12)C(=O)O)c1c(Cl)cccc1Cl. The molecule has 37 heavy (non-hydrogen) atoms. The number of benzene rings is 4. The second-order valence-corrected chi connectivity index (χ2v) is 10.1. The number of halogens is 3. The number of nitrogens with zero attached hydrogens (tertiary/aromatic N) is 1. The van der Waals surface area contributed by atoms with Crippen molar-refractivity contribution in [2.24, 2.45) is 0 Å². The van der Waals surface area contributed by atoms with Crippen LogP contribution in [0.1, 0.15) is 15.9 Å². The lowest BCUT2D eigenvalue weighted by Crippen LogP contribution is -2.42. The van der Waals surface area contributed by atoms with Crippen LogP contribution in [0.2, 0.25) is 10.0 Å². The fraction of sp³-hybridized carbons (Fsp3) is 0.0690. The van der Waals surface area contributed by atoms with E-state index in [2.05, 4.69) is 21.2 Å². The van der Waals surface area contributed by atoms with Crippen LogP contribution in [-0.4, -0.2) is 28.0 Å². The lowest BCUT2D eigenvalue weighted by atomic mass is 9.93. The van der Waals surface area contributed by atoms with Gasteiger partial charge in [0.2, 0.25) is 0 Å². The van der Waals surface area contributed by atoms with Gasteiger partial charge in [0.25, 0.3) is 5.91 Å². The third kappa shape index (κ3) is 4.92. The van der Waals surface area contributed by atoms with Crippen molar-refractivity contribution in [1.82, 2.24) is 10.3 Å². The molecule has 1 atom stereocenters. The summed E-state index contributed by atoms with van der Waals surface area (Å²) < 4.78 is 0.885. The minimum absolute atomic E-state index is 0.0459. The summed E-state index contributed by atoms with van der Waals surface area (Å²) in [5, 5.41) is 16.7. The summed E-state index contributed by atoms with van der Waals surface area (Å²) in [7, 11) is 0. The lowest BCUT2D eigenvalue weighted by molar-refractivity contribution is -0.139. The maximum absolute atomic E-state index is 12.9. The van der Waals surface area contributed by atoms with Crippen LogP contribution in [0.25, 0.3) is 32.8 Å². The van der Waals surface area contributed by atoms with Crippen LogP contribution >= 0.6 is 39.1 Å². The van der Waals surface area contributed by atoms with Crippen LogP contribution in [0.5, 0.6) is 0 Å². The predicted octanol–water partition coefficient (Wildman–Crippen LogP) is 7.55. The normalized spacial score (nSPS) is 12.0. The van der Waals surface area contributed by atoms with Gasteiger partial charge in [-0.1, -0.05) is 89.9 Å². The molecule has 4 aromatic carbocycles. The average molecular weight is 594 g/mol. The Kier molecular flexibility index (Phi) is 7.15. The average Bonchev–Trinajstić information content (AvgIpc) is 2.89. The first-order valence-corrected chi connectivity index (χ1v) is 12.9. The summed E-state index contributed by atoms with van der Waals surface area (Å²) in [5.41, 5.74) is 2.52. The first-order chi connectivity index (χ1) is 17.8. The second kappa shape index (κ2) is 10.5. The van der Waals surface area contributed by atoms with Crippen molar-refractivity contribution in [1.29, 1.82) is 0 Å². The molecule has 5 aromatic rings. The number of fused-ring (bicyclic) bond motifs is 2. The van der Waals surface area contributed by atoms with Crippen molar-refractivity contribution >= 4 is 72.6 Å². The standard InChI is InChI=1S/C29H19BrCl2N2O3/c30-26-19-8-2-1-6-17(19)15-33-27(26)21-13-12-16(18-7-3-4-9-20(18)21)14-24(29(36)37)34-28(35)25-22(31)10-5-11-23(25)32/h1-13,15,24H,14H2,(H,34,35)(H,36,37). The number of aromatic nitrogens is 1. The summed E-state index contributed by atoms with van der Waals surface area (Å²) in [6.07, 6.45) is 1.91. The molecule has 5 nitrogen and oxygen atoms in total. The van der Waals surface area contributed by atoms with Gasteiger partial charge in [-0.3, -0.25) is 9.78 Å². The summed E-state index contributed by atoms with van der Waals surface area (Å²) in [5.74, 6) is -1.81. The number of rotatable bonds is 6. The number of carbonyl (C=O) groups is 2. The van der Waals surface area contributed by atoms with Gasteiger partial charge in [-0.2, -0.15) is 0 Å². The molecule has 1 heterocycles. The molecule has 5 rings (SSSR count). The molecule has 0 saturated heterocycles. The van der Waals surface area contributed by atoms with Crippen LogP contribution in [0.3, 0.4) is 0 Å². The Hall–Kier alpha value is -3.45. The predicted molar refractivity (Wildman–Crippen MR) is 151 cm³/mol. The smallest absolute Gasteiger partial charge is 0.326 e. The number of carbonyl (C=O) groups excluding carboxylic acids is 1. The first-order valence-electron chi connectivity index (χ1n) is 11.4. The Bertz CT molecular complexity index is 1670. The van der Waals surface area contributed by atoms with Crippen LogP contribution in [0.15, 0.2) is 89.5 Å². The fourth-order valence-corrected chi connectivity index (χ4v) is 5.67. The van der Waals surface area contributed by atoms with E-state index in [9.17, 15) is 14.7 Å². The van der Waals surface area contributed by atoms with Crippen molar-refractivity contribution < 1.29 is 14.7 Å². The van der Waals surface area contributed by atoms with Crippen molar-refractivity contribution in [3.63, 3.8) is 0 Å². The molecule has 0 aliphatic rings. The topological polar surface area (TPSA) is 79.3 Å². The number of amides is 1. The van der Waals surface area contributed by atoms with Gasteiger partial charge < -0.3 is 10.4 Å². The number of hydrogen-bond acceptors (Lipinski definition) is 3. The van der Waals surface area contributed by atoms with E-state index in [0.29, 0.717) is 0 Å². The zero-order chi connectivity index (χ0) is 26.1. The van der Waals surface area contributed by atoms with Crippen LogP contribution in [0, 0.1) is 0 Å². The lowest BCUT2D eigenvalue weighted by Gasteiger charge is -2.18. The fourth-order valence-electron chi connectivity index (χ4n) is 4.43. The Labute approximate surface area is 231 Å². The maximum atomic E-state index is 12.9. The summed E-state index contributed by atoms with van der Waals surface area (Å²) >= 11 is 16.0. The number of pyridine rings is 1. The summed E-state index contributed by atoms with van der Waals surface area (Å²) in [6.45, 7) is 0. The number of carboxylic acid groups (broad SMARTS) is 1. The highest BCUT2D eigenvalue weighted by atomic mass is 79.9.